The van der Waals surface area contributed by atoms with Crippen LogP contribution in [0.1, 0.15) is 0 Å². The minimum absolute atomic E-state index is 0.333. The molecule has 3 heteroatoms. The zero-order chi connectivity index (χ0) is 11.6. The zero-order valence-electron chi connectivity index (χ0n) is 9.13. The van der Waals surface area contributed by atoms with Gasteiger partial charge in [-0.3, -0.25) is 0 Å². The van der Waals surface area contributed by atoms with E-state index in [1.54, 1.807) is 17.8 Å². The Labute approximate surface area is 100 Å². The first-order chi connectivity index (χ1) is 7.83. The minimum Gasteiger partial charge on any atom is -0.466 e. The van der Waals surface area contributed by atoms with Crippen molar-refractivity contribution in [2.75, 3.05) is 12.9 Å². The normalized spacial score (nSPS) is 11.1. The van der Waals surface area contributed by atoms with Crippen LogP contribution < -0.4 is 0 Å². The fraction of sp³-hybridized carbons (Fsp3) is 0.154. The highest BCUT2D eigenvalue weighted by Crippen LogP contribution is 2.16. The molecule has 0 radical (unpaired) electrons. The van der Waals surface area contributed by atoms with Crippen molar-refractivity contribution in [2.45, 2.75) is 4.90 Å². The van der Waals surface area contributed by atoms with E-state index in [4.69, 9.17) is 0 Å². The van der Waals surface area contributed by atoms with Gasteiger partial charge < -0.3 is 4.74 Å². The number of hydrogen-bond acceptors (Lipinski definition) is 3. The maximum absolute atomic E-state index is 10.7. The van der Waals surface area contributed by atoms with Gasteiger partial charge in [0.25, 0.3) is 0 Å². The molecular formula is C13H14O2S. The quantitative estimate of drug-likeness (QED) is 0.339. The lowest BCUT2D eigenvalue weighted by Gasteiger charge is -1.95. The molecule has 1 aromatic rings. The van der Waals surface area contributed by atoms with Crippen LogP contribution in [-0.4, -0.2) is 18.8 Å². The number of methoxy groups -OCH3 is 1. The zero-order valence-corrected chi connectivity index (χ0v) is 9.94. The van der Waals surface area contributed by atoms with Crippen molar-refractivity contribution in [3.05, 3.63) is 54.6 Å². The number of thioether (sulfide) groups is 1. The van der Waals surface area contributed by atoms with Crippen LogP contribution in [0.2, 0.25) is 0 Å². The summed E-state index contributed by atoms with van der Waals surface area (Å²) in [6.45, 7) is 0. The average Bonchev–Trinajstić information content (AvgIpc) is 2.34. The van der Waals surface area contributed by atoms with Crippen molar-refractivity contribution < 1.29 is 9.53 Å². The largest absolute Gasteiger partial charge is 0.466 e. The Morgan fingerprint density at radius 1 is 1.31 bits per heavy atom. The SMILES string of the molecule is COC(=O)/C=C/C=C/CSc1ccccc1. The Morgan fingerprint density at radius 3 is 2.75 bits per heavy atom. The van der Waals surface area contributed by atoms with Gasteiger partial charge in [-0.2, -0.15) is 0 Å². The fourth-order valence-corrected chi connectivity index (χ4v) is 1.75. The van der Waals surface area contributed by atoms with Crippen molar-refractivity contribution in [1.82, 2.24) is 0 Å². The average molecular weight is 234 g/mol. The van der Waals surface area contributed by atoms with Gasteiger partial charge in [-0.25, -0.2) is 4.79 Å². The van der Waals surface area contributed by atoms with Crippen LogP contribution in [0.3, 0.4) is 0 Å². The minimum atomic E-state index is -0.333. The van der Waals surface area contributed by atoms with E-state index in [1.807, 2.05) is 30.4 Å². The van der Waals surface area contributed by atoms with Gasteiger partial charge in [0.1, 0.15) is 0 Å². The molecule has 0 spiro atoms. The summed E-state index contributed by atoms with van der Waals surface area (Å²) in [5, 5.41) is 0. The fourth-order valence-electron chi connectivity index (χ4n) is 0.997. The maximum Gasteiger partial charge on any atom is 0.330 e. The second kappa shape index (κ2) is 7.77. The second-order valence-corrected chi connectivity index (χ2v) is 4.03. The Bertz CT molecular complexity index is 369. The predicted molar refractivity (Wildman–Crippen MR) is 67.5 cm³/mol. The van der Waals surface area contributed by atoms with Crippen LogP contribution in [0.5, 0.6) is 0 Å². The number of ether oxygens (including phenoxy) is 1. The summed E-state index contributed by atoms with van der Waals surface area (Å²) in [6.07, 6.45) is 6.91. The summed E-state index contributed by atoms with van der Waals surface area (Å²) in [4.78, 5) is 12.0. The monoisotopic (exact) mass is 234 g/mol. The van der Waals surface area contributed by atoms with Crippen LogP contribution in [0.4, 0.5) is 0 Å². The molecule has 0 aliphatic heterocycles. The number of allylic oxidation sites excluding steroid dienone is 2. The lowest BCUT2D eigenvalue weighted by atomic mass is 10.4. The van der Waals surface area contributed by atoms with E-state index < -0.39 is 0 Å². The molecule has 0 unspecified atom stereocenters. The van der Waals surface area contributed by atoms with Gasteiger partial charge in [-0.05, 0) is 12.1 Å². The highest BCUT2D eigenvalue weighted by Gasteiger charge is 1.88. The molecule has 0 heterocycles. The maximum atomic E-state index is 10.7. The topological polar surface area (TPSA) is 26.3 Å². The molecule has 0 aliphatic carbocycles. The standard InChI is InChI=1S/C13H14O2S/c1-15-13(14)10-6-3-7-11-16-12-8-4-2-5-9-12/h2-10H,11H2,1H3/b7-3+,10-6+. The molecule has 0 amide bonds. The van der Waals surface area contributed by atoms with Crippen LogP contribution in [-0.2, 0) is 9.53 Å². The number of hydrogen-bond donors (Lipinski definition) is 0. The number of benzene rings is 1. The third-order valence-electron chi connectivity index (χ3n) is 1.77. The molecule has 0 N–H and O–H groups in total. The highest BCUT2D eigenvalue weighted by atomic mass is 32.2. The van der Waals surface area contributed by atoms with Crippen molar-refractivity contribution in [3.63, 3.8) is 0 Å². The number of carbonyl (C=O) groups excluding carboxylic acids is 1. The molecule has 16 heavy (non-hydrogen) atoms. The van der Waals surface area contributed by atoms with E-state index in [2.05, 4.69) is 16.9 Å². The van der Waals surface area contributed by atoms with E-state index in [0.717, 1.165) is 5.75 Å². The molecule has 0 saturated carbocycles. The first-order valence-corrected chi connectivity index (χ1v) is 5.90. The first kappa shape index (κ1) is 12.6. The van der Waals surface area contributed by atoms with Gasteiger partial charge >= 0.3 is 5.97 Å². The van der Waals surface area contributed by atoms with Crippen molar-refractivity contribution >= 4 is 17.7 Å². The molecule has 0 saturated heterocycles. The third-order valence-corrected chi connectivity index (χ3v) is 2.73. The molecule has 0 aromatic heterocycles. The number of esters is 1. The molecule has 0 atom stereocenters. The molecular weight excluding hydrogens is 220 g/mol. The summed E-state index contributed by atoms with van der Waals surface area (Å²) in [6, 6.07) is 10.2. The van der Waals surface area contributed by atoms with Gasteiger partial charge in [-0.15, -0.1) is 11.8 Å². The van der Waals surface area contributed by atoms with Crippen LogP contribution in [0, 0.1) is 0 Å². The first-order valence-electron chi connectivity index (χ1n) is 4.92. The van der Waals surface area contributed by atoms with Gasteiger partial charge in [-0.1, -0.05) is 36.4 Å². The van der Waals surface area contributed by atoms with E-state index in [1.165, 1.54) is 18.1 Å². The van der Waals surface area contributed by atoms with Crippen LogP contribution in [0.15, 0.2) is 59.5 Å². The number of carbonyl (C=O) groups is 1. The number of rotatable bonds is 5. The summed E-state index contributed by atoms with van der Waals surface area (Å²) in [5.74, 6) is 0.551. The van der Waals surface area contributed by atoms with Gasteiger partial charge in [0, 0.05) is 16.7 Å². The lowest BCUT2D eigenvalue weighted by Crippen LogP contribution is -1.92. The lowest BCUT2D eigenvalue weighted by molar-refractivity contribution is -0.134. The molecule has 84 valence electrons. The molecule has 0 bridgehead atoms. The van der Waals surface area contributed by atoms with E-state index in [9.17, 15) is 4.79 Å². The van der Waals surface area contributed by atoms with Crippen molar-refractivity contribution in [1.29, 1.82) is 0 Å². The Hall–Kier alpha value is -1.48. The molecule has 0 fully saturated rings. The third kappa shape index (κ3) is 5.41. The second-order valence-electron chi connectivity index (χ2n) is 2.93. The Morgan fingerprint density at radius 2 is 2.06 bits per heavy atom. The summed E-state index contributed by atoms with van der Waals surface area (Å²) >= 11 is 1.75. The van der Waals surface area contributed by atoms with E-state index in [-0.39, 0.29) is 5.97 Å². The van der Waals surface area contributed by atoms with Gasteiger partial charge in [0.05, 0.1) is 7.11 Å². The molecule has 1 rings (SSSR count). The highest BCUT2D eigenvalue weighted by molar-refractivity contribution is 7.99. The van der Waals surface area contributed by atoms with Crippen LogP contribution in [0.25, 0.3) is 0 Å². The Kier molecular flexibility index (Phi) is 6.11. The predicted octanol–water partition coefficient (Wildman–Crippen LogP) is 3.06. The Balaban J connectivity index is 2.23. The van der Waals surface area contributed by atoms with Crippen LogP contribution >= 0.6 is 11.8 Å². The smallest absolute Gasteiger partial charge is 0.330 e. The molecule has 0 aliphatic rings. The van der Waals surface area contributed by atoms with E-state index in [0.29, 0.717) is 0 Å². The van der Waals surface area contributed by atoms with E-state index >= 15 is 0 Å². The van der Waals surface area contributed by atoms with Gasteiger partial charge in [0.15, 0.2) is 0 Å². The van der Waals surface area contributed by atoms with Crippen molar-refractivity contribution in [3.8, 4) is 0 Å². The van der Waals surface area contributed by atoms with Crippen molar-refractivity contribution in [2.24, 2.45) is 0 Å². The summed E-state index contributed by atoms with van der Waals surface area (Å²) < 4.78 is 4.46. The molecule has 2 nitrogen and oxygen atoms in total. The van der Waals surface area contributed by atoms with Gasteiger partial charge in [0.2, 0.25) is 0 Å². The summed E-state index contributed by atoms with van der Waals surface area (Å²) in [5.41, 5.74) is 0. The molecule has 1 aromatic carbocycles. The summed E-state index contributed by atoms with van der Waals surface area (Å²) in [7, 11) is 1.36.